The largest absolute Gasteiger partial charge is 0.271 e. The van der Waals surface area contributed by atoms with Crippen LogP contribution in [0.2, 0.25) is 0 Å². The SMILES string of the molecule is CCC1SCCSC1C(NN)c1c(F)ccc(Br)c1F. The fraction of sp³-hybridized carbons (Fsp3) is 0.538. The van der Waals surface area contributed by atoms with Gasteiger partial charge in [-0.2, -0.15) is 23.5 Å². The number of nitrogens with one attached hydrogen (secondary N) is 1. The van der Waals surface area contributed by atoms with Crippen molar-refractivity contribution in [3.63, 3.8) is 0 Å². The Morgan fingerprint density at radius 3 is 2.75 bits per heavy atom. The molecule has 1 aromatic rings. The van der Waals surface area contributed by atoms with Crippen molar-refractivity contribution in [3.8, 4) is 0 Å². The third-order valence-electron chi connectivity index (χ3n) is 3.39. The van der Waals surface area contributed by atoms with E-state index in [1.54, 1.807) is 11.8 Å². The smallest absolute Gasteiger partial charge is 0.145 e. The van der Waals surface area contributed by atoms with E-state index >= 15 is 0 Å². The first-order valence-electron chi connectivity index (χ1n) is 6.42. The van der Waals surface area contributed by atoms with E-state index in [4.69, 9.17) is 5.84 Å². The number of hydrogen-bond donors (Lipinski definition) is 2. The number of thioether (sulfide) groups is 2. The lowest BCUT2D eigenvalue weighted by molar-refractivity contribution is 0.453. The molecule has 2 nitrogen and oxygen atoms in total. The van der Waals surface area contributed by atoms with Gasteiger partial charge in [0.2, 0.25) is 0 Å². The summed E-state index contributed by atoms with van der Waals surface area (Å²) in [5.41, 5.74) is 2.65. The van der Waals surface area contributed by atoms with Gasteiger partial charge in [0.25, 0.3) is 0 Å². The Balaban J connectivity index is 2.39. The van der Waals surface area contributed by atoms with E-state index in [9.17, 15) is 8.78 Å². The van der Waals surface area contributed by atoms with Crippen molar-refractivity contribution in [2.24, 2.45) is 5.84 Å². The highest BCUT2D eigenvalue weighted by molar-refractivity contribution is 9.10. The van der Waals surface area contributed by atoms with E-state index in [1.807, 2.05) is 11.8 Å². The molecule has 0 spiro atoms. The lowest BCUT2D eigenvalue weighted by Crippen LogP contribution is -2.42. The van der Waals surface area contributed by atoms with Crippen LogP contribution in [0.25, 0.3) is 0 Å². The average molecular weight is 383 g/mol. The second-order valence-electron chi connectivity index (χ2n) is 4.55. The van der Waals surface area contributed by atoms with Gasteiger partial charge in [-0.25, -0.2) is 8.78 Å². The number of halogens is 3. The summed E-state index contributed by atoms with van der Waals surface area (Å²) < 4.78 is 28.6. The molecule has 0 bridgehead atoms. The number of rotatable bonds is 4. The fourth-order valence-electron chi connectivity index (χ4n) is 2.42. The Morgan fingerprint density at radius 2 is 2.10 bits per heavy atom. The van der Waals surface area contributed by atoms with Crippen LogP contribution in [-0.2, 0) is 0 Å². The summed E-state index contributed by atoms with van der Waals surface area (Å²) in [6.07, 6.45) is 0.956. The van der Waals surface area contributed by atoms with Crippen LogP contribution in [0.4, 0.5) is 8.78 Å². The molecule has 0 aromatic heterocycles. The van der Waals surface area contributed by atoms with Crippen molar-refractivity contribution in [1.82, 2.24) is 5.43 Å². The molecule has 112 valence electrons. The van der Waals surface area contributed by atoms with E-state index < -0.39 is 17.7 Å². The van der Waals surface area contributed by atoms with Crippen molar-refractivity contribution in [1.29, 1.82) is 0 Å². The van der Waals surface area contributed by atoms with Crippen LogP contribution in [-0.4, -0.2) is 22.0 Å². The summed E-state index contributed by atoms with van der Waals surface area (Å²) >= 11 is 6.70. The zero-order valence-corrected chi connectivity index (χ0v) is 14.3. The molecule has 3 unspecified atom stereocenters. The molecule has 1 fully saturated rings. The van der Waals surface area contributed by atoms with Gasteiger partial charge in [0, 0.05) is 27.6 Å². The summed E-state index contributed by atoms with van der Waals surface area (Å²) in [6.45, 7) is 2.09. The van der Waals surface area contributed by atoms with Gasteiger partial charge in [0.05, 0.1) is 10.5 Å². The summed E-state index contributed by atoms with van der Waals surface area (Å²) in [5.74, 6) is 6.54. The van der Waals surface area contributed by atoms with E-state index in [0.29, 0.717) is 5.25 Å². The van der Waals surface area contributed by atoms with Gasteiger partial charge in [-0.1, -0.05) is 6.92 Å². The molecule has 1 saturated heterocycles. The summed E-state index contributed by atoms with van der Waals surface area (Å²) in [4.78, 5) is 0. The molecule has 20 heavy (non-hydrogen) atoms. The van der Waals surface area contributed by atoms with E-state index in [1.165, 1.54) is 12.1 Å². The number of hydrazine groups is 1. The molecule has 0 amide bonds. The Bertz CT molecular complexity index is 476. The molecule has 1 aromatic carbocycles. The van der Waals surface area contributed by atoms with Gasteiger partial charge in [-0.15, -0.1) is 0 Å². The van der Waals surface area contributed by atoms with Gasteiger partial charge < -0.3 is 0 Å². The molecule has 1 aliphatic rings. The normalized spacial score (nSPS) is 24.6. The Hall–Kier alpha value is 0.180. The zero-order chi connectivity index (χ0) is 14.7. The molecule has 0 radical (unpaired) electrons. The average Bonchev–Trinajstić information content (AvgIpc) is 2.47. The molecule has 3 atom stereocenters. The van der Waals surface area contributed by atoms with Crippen LogP contribution in [0.3, 0.4) is 0 Å². The van der Waals surface area contributed by atoms with Crippen molar-refractivity contribution >= 4 is 39.5 Å². The van der Waals surface area contributed by atoms with Crippen LogP contribution >= 0.6 is 39.5 Å². The van der Waals surface area contributed by atoms with Crippen molar-refractivity contribution in [3.05, 3.63) is 33.8 Å². The second-order valence-corrected chi connectivity index (χ2v) is 8.04. The minimum Gasteiger partial charge on any atom is -0.271 e. The van der Waals surface area contributed by atoms with Gasteiger partial charge in [-0.3, -0.25) is 11.3 Å². The molecule has 1 heterocycles. The third kappa shape index (κ3) is 3.32. The van der Waals surface area contributed by atoms with E-state index in [2.05, 4.69) is 28.3 Å². The van der Waals surface area contributed by atoms with E-state index in [-0.39, 0.29) is 15.3 Å². The number of hydrogen-bond acceptors (Lipinski definition) is 4. The first-order chi connectivity index (χ1) is 9.60. The van der Waals surface area contributed by atoms with Crippen LogP contribution in [0.1, 0.15) is 24.9 Å². The molecule has 7 heteroatoms. The Labute approximate surface area is 134 Å². The quantitative estimate of drug-likeness (QED) is 0.471. The van der Waals surface area contributed by atoms with Gasteiger partial charge in [0.15, 0.2) is 0 Å². The minimum absolute atomic E-state index is 0.0281. The van der Waals surface area contributed by atoms with Crippen molar-refractivity contribution in [2.75, 3.05) is 11.5 Å². The van der Waals surface area contributed by atoms with Crippen molar-refractivity contribution in [2.45, 2.75) is 29.9 Å². The predicted molar refractivity (Wildman–Crippen MR) is 86.9 cm³/mol. The first kappa shape index (κ1) is 16.5. The lowest BCUT2D eigenvalue weighted by atomic mass is 9.99. The van der Waals surface area contributed by atoms with Crippen LogP contribution < -0.4 is 11.3 Å². The maximum atomic E-state index is 14.3. The van der Waals surface area contributed by atoms with Gasteiger partial charge >= 0.3 is 0 Å². The first-order valence-corrected chi connectivity index (χ1v) is 9.31. The summed E-state index contributed by atoms with van der Waals surface area (Å²) in [6, 6.07) is 2.12. The summed E-state index contributed by atoms with van der Waals surface area (Å²) in [5, 5.41) is 0.398. The third-order valence-corrected chi connectivity index (χ3v) is 7.36. The fourth-order valence-corrected chi connectivity index (χ4v) is 5.98. The monoisotopic (exact) mass is 382 g/mol. The highest BCUT2D eigenvalue weighted by atomic mass is 79.9. The highest BCUT2D eigenvalue weighted by Gasteiger charge is 2.35. The summed E-state index contributed by atoms with van der Waals surface area (Å²) in [7, 11) is 0. The maximum Gasteiger partial charge on any atom is 0.145 e. The Kier molecular flexibility index (Phi) is 6.16. The molecule has 1 aliphatic heterocycles. The highest BCUT2D eigenvalue weighted by Crippen LogP contribution is 2.41. The molecule has 2 rings (SSSR count). The molecule has 3 N–H and O–H groups in total. The molecular weight excluding hydrogens is 366 g/mol. The standard InChI is InChI=1S/C13H17BrF2N2S2/c1-2-9-13(20-6-5-19-9)12(18-17)10-8(15)4-3-7(14)11(10)16/h3-4,9,12-13,18H,2,5-6,17H2,1H3. The minimum atomic E-state index is -0.570. The zero-order valence-electron chi connectivity index (χ0n) is 11.0. The topological polar surface area (TPSA) is 38.0 Å². The molecule has 0 aliphatic carbocycles. The van der Waals surface area contributed by atoms with E-state index in [0.717, 1.165) is 17.9 Å². The van der Waals surface area contributed by atoms with Gasteiger partial charge in [-0.05, 0) is 34.5 Å². The van der Waals surface area contributed by atoms with Gasteiger partial charge in [0.1, 0.15) is 11.6 Å². The molecule has 0 saturated carbocycles. The Morgan fingerprint density at radius 1 is 1.40 bits per heavy atom. The molecular formula is C13H17BrF2N2S2. The predicted octanol–water partition coefficient (Wildman–Crippen LogP) is 3.86. The van der Waals surface area contributed by atoms with Crippen LogP contribution in [0.15, 0.2) is 16.6 Å². The van der Waals surface area contributed by atoms with Crippen LogP contribution in [0.5, 0.6) is 0 Å². The second kappa shape index (κ2) is 7.45. The van der Waals surface area contributed by atoms with Crippen LogP contribution in [0, 0.1) is 11.6 Å². The number of benzene rings is 1. The maximum absolute atomic E-state index is 14.3. The lowest BCUT2D eigenvalue weighted by Gasteiger charge is -2.36. The number of nitrogens with two attached hydrogens (primary N) is 1. The van der Waals surface area contributed by atoms with Crippen molar-refractivity contribution < 1.29 is 8.78 Å².